The van der Waals surface area contributed by atoms with Gasteiger partial charge in [-0.05, 0) is 30.3 Å². The van der Waals surface area contributed by atoms with E-state index in [1.807, 2.05) is 18.2 Å². The first-order valence-corrected chi connectivity index (χ1v) is 7.20. The van der Waals surface area contributed by atoms with E-state index in [-0.39, 0.29) is 13.0 Å². The first kappa shape index (κ1) is 17.0. The van der Waals surface area contributed by atoms with Crippen molar-refractivity contribution in [3.8, 4) is 11.8 Å². The van der Waals surface area contributed by atoms with Crippen molar-refractivity contribution in [2.45, 2.75) is 13.0 Å². The monoisotopic (exact) mass is 324 g/mol. The fraction of sp³-hybridized carbons (Fsp3) is 0.167. The standard InChI is InChI=1S/C18H16N2O4/c1-23-16-5-3-2-4-14(16)12-24-18(22)13-6-8-15(9-7-13)20-17(21)10-11-19/h2-9H,10,12H2,1H3,(H,20,21). The largest absolute Gasteiger partial charge is 0.496 e. The Balaban J connectivity index is 1.95. The molecule has 2 aromatic carbocycles. The highest BCUT2D eigenvalue weighted by molar-refractivity contribution is 5.93. The molecule has 1 amide bonds. The summed E-state index contributed by atoms with van der Waals surface area (Å²) in [5.41, 5.74) is 1.65. The summed E-state index contributed by atoms with van der Waals surface area (Å²) in [6, 6.07) is 15.3. The molecule has 0 atom stereocenters. The second-order valence-electron chi connectivity index (χ2n) is 4.85. The lowest BCUT2D eigenvalue weighted by atomic mass is 10.2. The number of methoxy groups -OCH3 is 1. The third-order valence-corrected chi connectivity index (χ3v) is 3.20. The number of esters is 1. The van der Waals surface area contributed by atoms with Crippen LogP contribution in [0.25, 0.3) is 0 Å². The van der Waals surface area contributed by atoms with Crippen molar-refractivity contribution in [3.05, 3.63) is 59.7 Å². The summed E-state index contributed by atoms with van der Waals surface area (Å²) in [6.45, 7) is 0.101. The van der Waals surface area contributed by atoms with E-state index in [0.717, 1.165) is 5.56 Å². The summed E-state index contributed by atoms with van der Waals surface area (Å²) in [5, 5.41) is 11.0. The Hall–Kier alpha value is -3.33. The Morgan fingerprint density at radius 3 is 2.50 bits per heavy atom. The van der Waals surface area contributed by atoms with Gasteiger partial charge in [-0.2, -0.15) is 5.26 Å². The van der Waals surface area contributed by atoms with Gasteiger partial charge in [0.15, 0.2) is 0 Å². The predicted octanol–water partition coefficient (Wildman–Crippen LogP) is 2.90. The summed E-state index contributed by atoms with van der Waals surface area (Å²) >= 11 is 0. The quantitative estimate of drug-likeness (QED) is 0.825. The van der Waals surface area contributed by atoms with Gasteiger partial charge in [0.25, 0.3) is 0 Å². The van der Waals surface area contributed by atoms with Gasteiger partial charge >= 0.3 is 5.97 Å². The minimum Gasteiger partial charge on any atom is -0.496 e. The van der Waals surface area contributed by atoms with E-state index < -0.39 is 11.9 Å². The van der Waals surface area contributed by atoms with Crippen LogP contribution in [-0.2, 0) is 16.1 Å². The molecule has 0 bridgehead atoms. The molecule has 1 N–H and O–H groups in total. The van der Waals surface area contributed by atoms with Crippen LogP contribution in [0.3, 0.4) is 0 Å². The normalized spacial score (nSPS) is 9.67. The Morgan fingerprint density at radius 2 is 1.83 bits per heavy atom. The van der Waals surface area contributed by atoms with Crippen LogP contribution in [-0.4, -0.2) is 19.0 Å². The third kappa shape index (κ3) is 4.58. The highest BCUT2D eigenvalue weighted by Gasteiger charge is 2.10. The van der Waals surface area contributed by atoms with Gasteiger partial charge in [0, 0.05) is 11.3 Å². The molecule has 0 aliphatic carbocycles. The van der Waals surface area contributed by atoms with Gasteiger partial charge in [-0.1, -0.05) is 18.2 Å². The molecule has 0 aliphatic rings. The van der Waals surface area contributed by atoms with Gasteiger partial charge in [0.1, 0.15) is 18.8 Å². The minimum absolute atomic E-state index is 0.101. The van der Waals surface area contributed by atoms with Crippen molar-refractivity contribution in [1.29, 1.82) is 5.26 Å². The highest BCUT2D eigenvalue weighted by atomic mass is 16.5. The lowest BCUT2D eigenvalue weighted by molar-refractivity contribution is -0.115. The highest BCUT2D eigenvalue weighted by Crippen LogP contribution is 2.19. The molecule has 2 aromatic rings. The maximum Gasteiger partial charge on any atom is 0.338 e. The van der Waals surface area contributed by atoms with Gasteiger partial charge in [0.05, 0.1) is 18.7 Å². The topological polar surface area (TPSA) is 88.4 Å². The Bertz CT molecular complexity index is 763. The van der Waals surface area contributed by atoms with Crippen LogP contribution in [0.1, 0.15) is 22.3 Å². The molecule has 0 saturated heterocycles. The molecule has 0 saturated carbocycles. The fourth-order valence-electron chi connectivity index (χ4n) is 2.02. The van der Waals surface area contributed by atoms with Crippen molar-refractivity contribution in [3.63, 3.8) is 0 Å². The van der Waals surface area contributed by atoms with Crippen LogP contribution < -0.4 is 10.1 Å². The van der Waals surface area contributed by atoms with Crippen molar-refractivity contribution in [2.75, 3.05) is 12.4 Å². The summed E-state index contributed by atoms with van der Waals surface area (Å²) in [5.74, 6) is -0.222. The van der Waals surface area contributed by atoms with Crippen LogP contribution >= 0.6 is 0 Å². The second-order valence-corrected chi connectivity index (χ2v) is 4.85. The van der Waals surface area contributed by atoms with Gasteiger partial charge in [-0.25, -0.2) is 4.79 Å². The molecular formula is C18H16N2O4. The zero-order valence-corrected chi connectivity index (χ0v) is 13.1. The van der Waals surface area contributed by atoms with Crippen LogP contribution in [0.15, 0.2) is 48.5 Å². The molecule has 2 rings (SSSR count). The average Bonchev–Trinajstić information content (AvgIpc) is 2.60. The summed E-state index contributed by atoms with van der Waals surface area (Å²) in [6.07, 6.45) is -0.220. The van der Waals surface area contributed by atoms with E-state index in [0.29, 0.717) is 17.0 Å². The number of carbonyl (C=O) groups is 2. The Kier molecular flexibility index (Phi) is 5.92. The number of rotatable bonds is 6. The molecule has 0 fully saturated rings. The number of nitrogens with zero attached hydrogens (tertiary/aromatic N) is 1. The Labute approximate surface area is 139 Å². The molecule has 0 unspecified atom stereocenters. The lowest BCUT2D eigenvalue weighted by Gasteiger charge is -2.09. The Morgan fingerprint density at radius 1 is 1.12 bits per heavy atom. The molecular weight excluding hydrogens is 308 g/mol. The zero-order valence-electron chi connectivity index (χ0n) is 13.1. The number of carbonyl (C=O) groups excluding carboxylic acids is 2. The van der Waals surface area contributed by atoms with Crippen LogP contribution in [0.2, 0.25) is 0 Å². The maximum atomic E-state index is 12.1. The van der Waals surface area contributed by atoms with Crippen molar-refractivity contribution in [2.24, 2.45) is 0 Å². The van der Waals surface area contributed by atoms with Gasteiger partial charge in [-0.3, -0.25) is 4.79 Å². The lowest BCUT2D eigenvalue weighted by Crippen LogP contribution is -2.10. The fourth-order valence-corrected chi connectivity index (χ4v) is 2.02. The zero-order chi connectivity index (χ0) is 17.4. The molecule has 122 valence electrons. The van der Waals surface area contributed by atoms with E-state index in [4.69, 9.17) is 14.7 Å². The SMILES string of the molecule is COc1ccccc1COC(=O)c1ccc(NC(=O)CC#N)cc1. The molecule has 6 nitrogen and oxygen atoms in total. The summed E-state index contributed by atoms with van der Waals surface area (Å²) < 4.78 is 10.5. The smallest absolute Gasteiger partial charge is 0.338 e. The molecule has 24 heavy (non-hydrogen) atoms. The molecule has 0 radical (unpaired) electrons. The first-order chi connectivity index (χ1) is 11.6. The third-order valence-electron chi connectivity index (χ3n) is 3.20. The number of nitriles is 1. The molecule has 0 spiro atoms. The van der Waals surface area contributed by atoms with Crippen molar-refractivity contribution < 1.29 is 19.1 Å². The van der Waals surface area contributed by atoms with E-state index in [1.165, 1.54) is 0 Å². The van der Waals surface area contributed by atoms with Crippen molar-refractivity contribution in [1.82, 2.24) is 0 Å². The number of ether oxygens (including phenoxy) is 2. The van der Waals surface area contributed by atoms with Gasteiger partial charge in [0.2, 0.25) is 5.91 Å². The minimum atomic E-state index is -0.476. The van der Waals surface area contributed by atoms with Gasteiger partial charge < -0.3 is 14.8 Å². The van der Waals surface area contributed by atoms with E-state index in [9.17, 15) is 9.59 Å². The van der Waals surface area contributed by atoms with Crippen LogP contribution in [0.4, 0.5) is 5.69 Å². The predicted molar refractivity (Wildman–Crippen MR) is 87.4 cm³/mol. The molecule has 0 heterocycles. The number of amides is 1. The van der Waals surface area contributed by atoms with E-state index in [2.05, 4.69) is 5.32 Å². The maximum absolute atomic E-state index is 12.1. The first-order valence-electron chi connectivity index (χ1n) is 7.20. The summed E-state index contributed by atoms with van der Waals surface area (Å²) in [4.78, 5) is 23.4. The van der Waals surface area contributed by atoms with E-state index >= 15 is 0 Å². The number of para-hydroxylation sites is 1. The number of hydrogen-bond acceptors (Lipinski definition) is 5. The number of nitrogens with one attached hydrogen (secondary N) is 1. The summed E-state index contributed by atoms with van der Waals surface area (Å²) in [7, 11) is 1.56. The number of hydrogen-bond donors (Lipinski definition) is 1. The van der Waals surface area contributed by atoms with Gasteiger partial charge in [-0.15, -0.1) is 0 Å². The second kappa shape index (κ2) is 8.34. The van der Waals surface area contributed by atoms with Crippen LogP contribution in [0, 0.1) is 11.3 Å². The molecule has 6 heteroatoms. The van der Waals surface area contributed by atoms with Crippen molar-refractivity contribution >= 4 is 17.6 Å². The van der Waals surface area contributed by atoms with Crippen LogP contribution in [0.5, 0.6) is 5.75 Å². The average molecular weight is 324 g/mol. The molecule has 0 aliphatic heterocycles. The van der Waals surface area contributed by atoms with E-state index in [1.54, 1.807) is 43.5 Å². The number of anilines is 1. The number of benzene rings is 2. The molecule has 0 aromatic heterocycles.